The first-order chi connectivity index (χ1) is 32.2. The quantitative estimate of drug-likeness (QED) is 0.144. The molecule has 65 heavy (non-hydrogen) atoms. The van der Waals surface area contributed by atoms with Crippen LogP contribution < -0.4 is 9.80 Å². The van der Waals surface area contributed by atoms with Gasteiger partial charge >= 0.3 is 0 Å². The van der Waals surface area contributed by atoms with Gasteiger partial charge in [0.05, 0.1) is 16.8 Å². The zero-order chi connectivity index (χ0) is 43.1. The van der Waals surface area contributed by atoms with Gasteiger partial charge in [0, 0.05) is 28.1 Å². The van der Waals surface area contributed by atoms with Crippen molar-refractivity contribution < 1.29 is 4.42 Å². The van der Waals surface area contributed by atoms with E-state index in [-0.39, 0.29) is 0 Å². The lowest BCUT2D eigenvalue weighted by Crippen LogP contribution is -2.13. The molecule has 0 bridgehead atoms. The predicted octanol–water partition coefficient (Wildman–Crippen LogP) is 17.8. The number of anilines is 6. The molecule has 12 aromatic rings. The molecule has 0 radical (unpaired) electrons. The molecule has 0 aliphatic carbocycles. The van der Waals surface area contributed by atoms with Crippen molar-refractivity contribution in [1.82, 2.24) is 0 Å². The maximum absolute atomic E-state index is 7.17. The minimum absolute atomic E-state index is 0.810. The summed E-state index contributed by atoms with van der Waals surface area (Å²) in [5, 5.41) is 6.91. The van der Waals surface area contributed by atoms with Crippen LogP contribution in [-0.2, 0) is 0 Å². The van der Waals surface area contributed by atoms with Gasteiger partial charge < -0.3 is 14.2 Å². The average Bonchev–Trinajstić information content (AvgIpc) is 3.76. The largest absolute Gasteiger partial charge is 0.454 e. The third-order valence-corrected chi connectivity index (χ3v) is 12.6. The molecular formula is C62H42N2O. The van der Waals surface area contributed by atoms with Gasteiger partial charge in [0.2, 0.25) is 0 Å². The van der Waals surface area contributed by atoms with Gasteiger partial charge in [0.15, 0.2) is 5.58 Å². The van der Waals surface area contributed by atoms with E-state index in [0.29, 0.717) is 0 Å². The van der Waals surface area contributed by atoms with E-state index in [1.807, 2.05) is 0 Å². The Balaban J connectivity index is 1.02. The standard InChI is InChI=1S/C62H42N2O/c1-4-16-43(17-5-1)48-22-14-27-54(40-48)64(52-25-8-3-9-26-52)58-38-39-59(62-61(58)57-41-49-19-10-11-20-50(49)42-60(57)65-62)63(51-23-6-2-7-24-51)53-36-34-45(35-37-53)44-30-32-47(33-31-44)56-29-15-21-46-18-12-13-28-55(46)56/h1-42H. The van der Waals surface area contributed by atoms with Crippen molar-refractivity contribution in [1.29, 1.82) is 0 Å². The molecule has 12 rings (SSSR count). The van der Waals surface area contributed by atoms with Crippen LogP contribution in [0.4, 0.5) is 34.1 Å². The van der Waals surface area contributed by atoms with Crippen molar-refractivity contribution >= 4 is 77.6 Å². The Hall–Kier alpha value is -8.66. The van der Waals surface area contributed by atoms with Crippen LogP contribution in [0.3, 0.4) is 0 Å². The summed E-state index contributed by atoms with van der Waals surface area (Å²) >= 11 is 0. The Morgan fingerprint density at radius 3 is 1.46 bits per heavy atom. The van der Waals surface area contributed by atoms with Gasteiger partial charge in [-0.1, -0.05) is 182 Å². The number of hydrogen-bond acceptors (Lipinski definition) is 3. The molecule has 0 spiro atoms. The van der Waals surface area contributed by atoms with E-state index in [9.17, 15) is 0 Å². The number of benzene rings is 11. The Bertz CT molecular complexity index is 3630. The minimum atomic E-state index is 0.810. The second kappa shape index (κ2) is 16.2. The fourth-order valence-electron chi connectivity index (χ4n) is 9.48. The summed E-state index contributed by atoms with van der Waals surface area (Å²) in [5.74, 6) is 0. The van der Waals surface area contributed by atoms with Gasteiger partial charge in [-0.05, 0) is 128 Å². The predicted molar refractivity (Wildman–Crippen MR) is 274 cm³/mol. The minimum Gasteiger partial charge on any atom is -0.454 e. The summed E-state index contributed by atoms with van der Waals surface area (Å²) in [6.07, 6.45) is 0. The molecule has 306 valence electrons. The number of para-hydroxylation sites is 2. The lowest BCUT2D eigenvalue weighted by atomic mass is 9.96. The third-order valence-electron chi connectivity index (χ3n) is 12.6. The lowest BCUT2D eigenvalue weighted by molar-refractivity contribution is 0.669. The molecule has 0 aliphatic heterocycles. The molecule has 3 nitrogen and oxygen atoms in total. The second-order valence-corrected chi connectivity index (χ2v) is 16.5. The van der Waals surface area contributed by atoms with Gasteiger partial charge in [0.25, 0.3) is 0 Å². The van der Waals surface area contributed by atoms with E-state index in [1.165, 1.54) is 33.0 Å². The number of nitrogens with zero attached hydrogens (tertiary/aromatic N) is 2. The third kappa shape index (κ3) is 6.97. The summed E-state index contributed by atoms with van der Waals surface area (Å²) in [7, 11) is 0. The van der Waals surface area contributed by atoms with Gasteiger partial charge in [-0.2, -0.15) is 0 Å². The Morgan fingerprint density at radius 1 is 0.277 bits per heavy atom. The van der Waals surface area contributed by atoms with Crippen LogP contribution in [0.25, 0.3) is 76.9 Å². The Labute approximate surface area is 378 Å². The number of fused-ring (bicyclic) bond motifs is 5. The first kappa shape index (κ1) is 38.0. The maximum atomic E-state index is 7.17. The number of furan rings is 1. The summed E-state index contributed by atoms with van der Waals surface area (Å²) in [5.41, 5.74) is 14.9. The van der Waals surface area contributed by atoms with Crippen molar-refractivity contribution in [3.8, 4) is 33.4 Å². The van der Waals surface area contributed by atoms with Gasteiger partial charge in [-0.15, -0.1) is 0 Å². The molecule has 0 fully saturated rings. The van der Waals surface area contributed by atoms with E-state index in [1.54, 1.807) is 0 Å². The normalized spacial score (nSPS) is 11.4. The van der Waals surface area contributed by atoms with Crippen LogP contribution in [0.2, 0.25) is 0 Å². The number of rotatable bonds is 9. The summed E-state index contributed by atoms with van der Waals surface area (Å²) in [6, 6.07) is 91.1. The van der Waals surface area contributed by atoms with Crippen LogP contribution in [0.15, 0.2) is 259 Å². The molecule has 0 aliphatic rings. The zero-order valence-corrected chi connectivity index (χ0v) is 35.6. The highest BCUT2D eigenvalue weighted by molar-refractivity contribution is 6.20. The van der Waals surface area contributed by atoms with E-state index < -0.39 is 0 Å². The molecule has 0 N–H and O–H groups in total. The molecule has 0 atom stereocenters. The van der Waals surface area contributed by atoms with E-state index in [4.69, 9.17) is 4.42 Å². The summed E-state index contributed by atoms with van der Waals surface area (Å²) in [4.78, 5) is 4.69. The molecule has 0 amide bonds. The van der Waals surface area contributed by atoms with Gasteiger partial charge in [0.1, 0.15) is 5.58 Å². The van der Waals surface area contributed by atoms with E-state index in [2.05, 4.69) is 265 Å². The SMILES string of the molecule is c1ccc(-c2cccc(N(c3ccccc3)c3ccc(N(c4ccccc4)c4ccc(-c5ccc(-c6cccc7ccccc67)cc5)cc4)c4oc5cc6ccccc6cc5c34)c2)cc1. The first-order valence-electron chi connectivity index (χ1n) is 22.2. The fraction of sp³-hybridized carbons (Fsp3) is 0. The van der Waals surface area contributed by atoms with Crippen LogP contribution in [0.1, 0.15) is 0 Å². The topological polar surface area (TPSA) is 19.6 Å². The van der Waals surface area contributed by atoms with Crippen LogP contribution >= 0.6 is 0 Å². The van der Waals surface area contributed by atoms with Gasteiger partial charge in [-0.3, -0.25) is 0 Å². The van der Waals surface area contributed by atoms with Crippen molar-refractivity contribution in [3.05, 3.63) is 255 Å². The van der Waals surface area contributed by atoms with Crippen molar-refractivity contribution in [2.45, 2.75) is 0 Å². The zero-order valence-electron chi connectivity index (χ0n) is 35.6. The van der Waals surface area contributed by atoms with E-state index >= 15 is 0 Å². The highest BCUT2D eigenvalue weighted by Crippen LogP contribution is 2.49. The molecule has 0 saturated carbocycles. The Kier molecular flexibility index (Phi) is 9.50. The maximum Gasteiger partial charge on any atom is 0.161 e. The first-order valence-corrected chi connectivity index (χ1v) is 22.2. The van der Waals surface area contributed by atoms with Crippen molar-refractivity contribution in [3.63, 3.8) is 0 Å². The number of hydrogen-bond donors (Lipinski definition) is 0. The monoisotopic (exact) mass is 830 g/mol. The van der Waals surface area contributed by atoms with Crippen LogP contribution in [-0.4, -0.2) is 0 Å². The van der Waals surface area contributed by atoms with Crippen LogP contribution in [0.5, 0.6) is 0 Å². The van der Waals surface area contributed by atoms with E-state index in [0.717, 1.165) is 78.0 Å². The second-order valence-electron chi connectivity index (χ2n) is 16.5. The molecule has 1 aromatic heterocycles. The van der Waals surface area contributed by atoms with Crippen molar-refractivity contribution in [2.75, 3.05) is 9.80 Å². The molecule has 0 unspecified atom stereocenters. The smallest absolute Gasteiger partial charge is 0.161 e. The molecule has 1 heterocycles. The molecule has 0 saturated heterocycles. The average molecular weight is 831 g/mol. The fourth-order valence-corrected chi connectivity index (χ4v) is 9.48. The summed E-state index contributed by atoms with van der Waals surface area (Å²) in [6.45, 7) is 0. The highest BCUT2D eigenvalue weighted by Gasteiger charge is 2.26. The van der Waals surface area contributed by atoms with Crippen molar-refractivity contribution in [2.24, 2.45) is 0 Å². The Morgan fingerprint density at radius 2 is 0.754 bits per heavy atom. The van der Waals surface area contributed by atoms with Crippen LogP contribution in [0, 0.1) is 0 Å². The van der Waals surface area contributed by atoms with Gasteiger partial charge in [-0.25, -0.2) is 0 Å². The summed E-state index contributed by atoms with van der Waals surface area (Å²) < 4.78 is 7.17. The molecule has 11 aromatic carbocycles. The molecule has 3 heteroatoms. The molecular weight excluding hydrogens is 789 g/mol. The highest BCUT2D eigenvalue weighted by atomic mass is 16.3. The lowest BCUT2D eigenvalue weighted by Gasteiger charge is -2.29.